The number of methoxy groups -OCH3 is 1. The summed E-state index contributed by atoms with van der Waals surface area (Å²) in [6.07, 6.45) is 2.93. The lowest BCUT2D eigenvalue weighted by Crippen LogP contribution is -2.28. The molecule has 0 aliphatic rings. The zero-order valence-corrected chi connectivity index (χ0v) is 14.3. The van der Waals surface area contributed by atoms with Gasteiger partial charge in [-0.25, -0.2) is 12.7 Å². The average molecular weight is 326 g/mol. The summed E-state index contributed by atoms with van der Waals surface area (Å²) >= 11 is 0. The fourth-order valence-electron chi connectivity index (χ4n) is 1.70. The summed E-state index contributed by atoms with van der Waals surface area (Å²) in [5, 5.41) is 2.72. The van der Waals surface area contributed by atoms with Gasteiger partial charge in [-0.05, 0) is 37.6 Å². The maximum Gasteiger partial charge on any atom is 0.246 e. The number of hydrogen-bond acceptors (Lipinski definition) is 4. The van der Waals surface area contributed by atoms with Crippen LogP contribution in [0.5, 0.6) is 5.75 Å². The van der Waals surface area contributed by atoms with Crippen molar-refractivity contribution in [1.29, 1.82) is 0 Å². The number of nitrogens with zero attached hydrogens (tertiary/aromatic N) is 1. The molecule has 1 aromatic carbocycles. The van der Waals surface area contributed by atoms with Crippen molar-refractivity contribution in [3.8, 4) is 5.75 Å². The minimum absolute atomic E-state index is 0.0395. The summed E-state index contributed by atoms with van der Waals surface area (Å²) in [4.78, 5) is 11.7. The van der Waals surface area contributed by atoms with Crippen molar-refractivity contribution in [2.75, 3.05) is 21.2 Å². The zero-order valence-electron chi connectivity index (χ0n) is 13.5. The molecule has 0 saturated heterocycles. The minimum atomic E-state index is -3.63. The normalized spacial score (nSPS) is 12.1. The monoisotopic (exact) mass is 326 g/mol. The summed E-state index contributed by atoms with van der Waals surface area (Å²) < 4.78 is 30.8. The quantitative estimate of drug-likeness (QED) is 0.804. The van der Waals surface area contributed by atoms with Crippen molar-refractivity contribution in [3.05, 3.63) is 29.8 Å². The minimum Gasteiger partial charge on any atom is -0.495 e. The van der Waals surface area contributed by atoms with Gasteiger partial charge < -0.3 is 10.1 Å². The lowest BCUT2D eigenvalue weighted by atomic mass is 10.2. The number of benzene rings is 1. The third-order valence-electron chi connectivity index (χ3n) is 2.80. The molecule has 1 aromatic rings. The number of carbonyl (C=O) groups excluding carboxylic acids is 1. The van der Waals surface area contributed by atoms with Gasteiger partial charge in [0.1, 0.15) is 10.6 Å². The molecule has 0 unspecified atom stereocenters. The Balaban J connectivity index is 3.16. The lowest BCUT2D eigenvalue weighted by molar-refractivity contribution is -0.116. The molecular formula is C15H22N2O4S. The van der Waals surface area contributed by atoms with Gasteiger partial charge in [-0.1, -0.05) is 6.07 Å². The summed E-state index contributed by atoms with van der Waals surface area (Å²) in [6, 6.07) is 4.77. The van der Waals surface area contributed by atoms with E-state index in [2.05, 4.69) is 5.32 Å². The molecule has 7 heteroatoms. The second kappa shape index (κ2) is 7.42. The van der Waals surface area contributed by atoms with Crippen LogP contribution in [-0.2, 0) is 14.8 Å². The molecule has 0 aromatic heterocycles. The fourth-order valence-corrected chi connectivity index (χ4v) is 2.78. The van der Waals surface area contributed by atoms with E-state index in [9.17, 15) is 13.2 Å². The highest BCUT2D eigenvalue weighted by Gasteiger charge is 2.22. The first kappa shape index (κ1) is 18.2. The van der Waals surface area contributed by atoms with Crippen LogP contribution in [0.3, 0.4) is 0 Å². The molecule has 0 spiro atoms. The predicted molar refractivity (Wildman–Crippen MR) is 86.2 cm³/mol. The highest BCUT2D eigenvalue weighted by Crippen LogP contribution is 2.27. The van der Waals surface area contributed by atoms with Gasteiger partial charge in [-0.2, -0.15) is 0 Å². The Morgan fingerprint density at radius 2 is 1.95 bits per heavy atom. The molecule has 6 nitrogen and oxygen atoms in total. The molecule has 0 saturated carbocycles. The van der Waals surface area contributed by atoms with Gasteiger partial charge in [-0.3, -0.25) is 4.79 Å². The summed E-state index contributed by atoms with van der Waals surface area (Å²) in [7, 11) is 0.690. The SMILES string of the molecule is COc1ccc(C=CC(=O)NC(C)C)cc1S(=O)(=O)N(C)C. The smallest absolute Gasteiger partial charge is 0.246 e. The maximum absolute atomic E-state index is 12.3. The number of hydrogen-bond donors (Lipinski definition) is 1. The number of carbonyl (C=O) groups is 1. The van der Waals surface area contributed by atoms with Crippen LogP contribution in [0.2, 0.25) is 0 Å². The van der Waals surface area contributed by atoms with Gasteiger partial charge in [0.2, 0.25) is 15.9 Å². The van der Waals surface area contributed by atoms with Crippen LogP contribution in [0.15, 0.2) is 29.2 Å². The van der Waals surface area contributed by atoms with Gasteiger partial charge >= 0.3 is 0 Å². The van der Waals surface area contributed by atoms with E-state index in [4.69, 9.17) is 4.74 Å². The predicted octanol–water partition coefficient (Wildman–Crippen LogP) is 1.48. The second-order valence-electron chi connectivity index (χ2n) is 5.19. The number of rotatable bonds is 6. The molecular weight excluding hydrogens is 304 g/mol. The molecule has 1 N–H and O–H groups in total. The van der Waals surface area contributed by atoms with E-state index in [-0.39, 0.29) is 22.6 Å². The Labute approximate surface area is 131 Å². The number of amides is 1. The van der Waals surface area contributed by atoms with Gasteiger partial charge in [0.25, 0.3) is 0 Å². The van der Waals surface area contributed by atoms with Crippen molar-refractivity contribution >= 4 is 22.0 Å². The number of sulfonamides is 1. The molecule has 0 aliphatic carbocycles. The van der Waals surface area contributed by atoms with Crippen molar-refractivity contribution in [2.24, 2.45) is 0 Å². The zero-order chi connectivity index (χ0) is 16.9. The third-order valence-corrected chi connectivity index (χ3v) is 4.64. The Bertz CT molecular complexity index is 664. The molecule has 0 heterocycles. The molecule has 0 fully saturated rings. The summed E-state index contributed by atoms with van der Waals surface area (Å²) in [5.74, 6) is 0.0281. The van der Waals surface area contributed by atoms with Crippen LogP contribution < -0.4 is 10.1 Å². The van der Waals surface area contributed by atoms with E-state index < -0.39 is 10.0 Å². The van der Waals surface area contributed by atoms with Crippen LogP contribution in [0.4, 0.5) is 0 Å². The van der Waals surface area contributed by atoms with Crippen LogP contribution in [0.1, 0.15) is 19.4 Å². The fraction of sp³-hybridized carbons (Fsp3) is 0.400. The van der Waals surface area contributed by atoms with Crippen molar-refractivity contribution in [1.82, 2.24) is 9.62 Å². The van der Waals surface area contributed by atoms with E-state index >= 15 is 0 Å². The van der Waals surface area contributed by atoms with E-state index in [1.54, 1.807) is 18.2 Å². The van der Waals surface area contributed by atoms with E-state index in [0.717, 1.165) is 4.31 Å². The number of nitrogens with one attached hydrogen (secondary N) is 1. The third kappa shape index (κ3) is 4.57. The van der Waals surface area contributed by atoms with Crippen LogP contribution >= 0.6 is 0 Å². The second-order valence-corrected chi connectivity index (χ2v) is 7.31. The Hall–Kier alpha value is -1.86. The van der Waals surface area contributed by atoms with Gasteiger partial charge in [0, 0.05) is 26.2 Å². The average Bonchev–Trinajstić information content (AvgIpc) is 2.43. The molecule has 122 valence electrons. The highest BCUT2D eigenvalue weighted by molar-refractivity contribution is 7.89. The van der Waals surface area contributed by atoms with Crippen LogP contribution in [-0.4, -0.2) is 45.9 Å². The maximum atomic E-state index is 12.3. The first-order chi connectivity index (χ1) is 10.2. The standard InChI is InChI=1S/C15H22N2O4S/c1-11(2)16-15(18)9-7-12-6-8-13(21-5)14(10-12)22(19,20)17(3)4/h6-11H,1-5H3,(H,16,18). The highest BCUT2D eigenvalue weighted by atomic mass is 32.2. The molecule has 0 radical (unpaired) electrons. The number of ether oxygens (including phenoxy) is 1. The Morgan fingerprint density at radius 1 is 1.32 bits per heavy atom. The molecule has 1 amide bonds. The van der Waals surface area contributed by atoms with Crippen molar-refractivity contribution in [3.63, 3.8) is 0 Å². The topological polar surface area (TPSA) is 75.7 Å². The van der Waals surface area contributed by atoms with E-state index in [1.807, 2.05) is 13.8 Å². The molecule has 22 heavy (non-hydrogen) atoms. The largest absolute Gasteiger partial charge is 0.495 e. The van der Waals surface area contributed by atoms with Crippen LogP contribution in [0, 0.1) is 0 Å². The van der Waals surface area contributed by atoms with Gasteiger partial charge in [0.15, 0.2) is 0 Å². The summed E-state index contributed by atoms with van der Waals surface area (Å²) in [6.45, 7) is 3.72. The van der Waals surface area contributed by atoms with Crippen molar-refractivity contribution < 1.29 is 17.9 Å². The van der Waals surface area contributed by atoms with Crippen LogP contribution in [0.25, 0.3) is 6.08 Å². The lowest BCUT2D eigenvalue weighted by Gasteiger charge is -2.15. The first-order valence-corrected chi connectivity index (χ1v) is 8.21. The Morgan fingerprint density at radius 3 is 2.45 bits per heavy atom. The first-order valence-electron chi connectivity index (χ1n) is 6.77. The molecule has 0 atom stereocenters. The Kier molecular flexibility index (Phi) is 6.13. The molecule has 1 rings (SSSR count). The van der Waals surface area contributed by atoms with E-state index in [1.165, 1.54) is 33.3 Å². The van der Waals surface area contributed by atoms with Gasteiger partial charge in [0.05, 0.1) is 7.11 Å². The van der Waals surface area contributed by atoms with E-state index in [0.29, 0.717) is 5.56 Å². The summed E-state index contributed by atoms with van der Waals surface area (Å²) in [5.41, 5.74) is 0.597. The molecule has 0 bridgehead atoms. The van der Waals surface area contributed by atoms with Gasteiger partial charge in [-0.15, -0.1) is 0 Å². The van der Waals surface area contributed by atoms with Crippen molar-refractivity contribution in [2.45, 2.75) is 24.8 Å². The molecule has 0 aliphatic heterocycles.